The fourth-order valence-corrected chi connectivity index (χ4v) is 1.30. The van der Waals surface area contributed by atoms with Crippen molar-refractivity contribution in [2.45, 2.75) is 12.4 Å². The van der Waals surface area contributed by atoms with Crippen LogP contribution in [0.3, 0.4) is 0 Å². The summed E-state index contributed by atoms with van der Waals surface area (Å²) in [5.41, 5.74) is 5.09. The molecule has 11 heteroatoms. The third kappa shape index (κ3) is 5.89. The number of hydrogen-bond donors (Lipinski definition) is 2. The van der Waals surface area contributed by atoms with Gasteiger partial charge >= 0.3 is 18.4 Å². The average molecular weight is 329 g/mol. The lowest BCUT2D eigenvalue weighted by Gasteiger charge is -2.15. The molecule has 0 aliphatic rings. The standard InChI is InChI=1S/C11H9F6N3O2/c12-10(13,14)5-22-8-3-6(4-19-20-9(18)21)1-2-7(8)11(15,16)17/h1-4H,5H2,(H3,18,20,21). The number of nitrogens with two attached hydrogens (primary N) is 1. The number of rotatable bonds is 4. The number of alkyl halides is 6. The van der Waals surface area contributed by atoms with Gasteiger partial charge in [0.05, 0.1) is 11.8 Å². The second-order valence-electron chi connectivity index (χ2n) is 3.89. The highest BCUT2D eigenvalue weighted by molar-refractivity contribution is 5.82. The van der Waals surface area contributed by atoms with Crippen LogP contribution < -0.4 is 15.9 Å². The summed E-state index contributed by atoms with van der Waals surface area (Å²) in [7, 11) is 0. The van der Waals surface area contributed by atoms with E-state index in [0.717, 1.165) is 12.3 Å². The van der Waals surface area contributed by atoms with Crippen LogP contribution in [0, 0.1) is 0 Å². The highest BCUT2D eigenvalue weighted by atomic mass is 19.4. The summed E-state index contributed by atoms with van der Waals surface area (Å²) in [4.78, 5) is 10.4. The van der Waals surface area contributed by atoms with Gasteiger partial charge in [-0.05, 0) is 17.7 Å². The van der Waals surface area contributed by atoms with Gasteiger partial charge in [0.15, 0.2) is 6.61 Å². The number of nitrogens with zero attached hydrogens (tertiary/aromatic N) is 1. The Bertz CT molecular complexity index is 568. The lowest BCUT2D eigenvalue weighted by atomic mass is 10.1. The monoisotopic (exact) mass is 329 g/mol. The molecule has 0 aromatic heterocycles. The largest absolute Gasteiger partial charge is 0.483 e. The number of hydrogen-bond acceptors (Lipinski definition) is 3. The van der Waals surface area contributed by atoms with Crippen molar-refractivity contribution < 1.29 is 35.9 Å². The maximum atomic E-state index is 12.7. The smallest absolute Gasteiger partial charge is 0.422 e. The van der Waals surface area contributed by atoms with Crippen molar-refractivity contribution in [2.24, 2.45) is 10.8 Å². The number of primary amides is 1. The third-order valence-corrected chi connectivity index (χ3v) is 2.09. The number of halogens is 6. The van der Waals surface area contributed by atoms with Gasteiger partial charge < -0.3 is 10.5 Å². The Morgan fingerprint density at radius 1 is 1.27 bits per heavy atom. The van der Waals surface area contributed by atoms with Crippen molar-refractivity contribution in [3.63, 3.8) is 0 Å². The lowest BCUT2D eigenvalue weighted by Crippen LogP contribution is -2.24. The minimum Gasteiger partial charge on any atom is -0.483 e. The summed E-state index contributed by atoms with van der Waals surface area (Å²) in [6.45, 7) is -1.88. The molecule has 0 fully saturated rings. The minimum absolute atomic E-state index is 0.0288. The van der Waals surface area contributed by atoms with Crippen molar-refractivity contribution in [3.8, 4) is 5.75 Å². The molecule has 0 saturated carbocycles. The molecule has 2 amide bonds. The van der Waals surface area contributed by atoms with E-state index in [0.29, 0.717) is 12.1 Å². The molecule has 0 saturated heterocycles. The van der Waals surface area contributed by atoms with E-state index in [1.807, 2.05) is 0 Å². The molecule has 1 rings (SSSR count). The van der Waals surface area contributed by atoms with Gasteiger partial charge in [-0.3, -0.25) is 0 Å². The minimum atomic E-state index is -4.89. The molecule has 22 heavy (non-hydrogen) atoms. The van der Waals surface area contributed by atoms with E-state index in [-0.39, 0.29) is 5.56 Å². The number of nitrogens with one attached hydrogen (secondary N) is 1. The summed E-state index contributed by atoms with van der Waals surface area (Å²) >= 11 is 0. The predicted molar refractivity (Wildman–Crippen MR) is 63.3 cm³/mol. The maximum absolute atomic E-state index is 12.7. The number of carbonyl (C=O) groups is 1. The van der Waals surface area contributed by atoms with Crippen molar-refractivity contribution in [1.29, 1.82) is 0 Å². The number of carbonyl (C=O) groups excluding carboxylic acids is 1. The summed E-state index contributed by atoms with van der Waals surface area (Å²) < 4.78 is 78.4. The Labute approximate surface area is 119 Å². The Hall–Kier alpha value is -2.46. The number of hydrazone groups is 1. The van der Waals surface area contributed by atoms with Crippen molar-refractivity contribution in [2.75, 3.05) is 6.61 Å². The van der Waals surface area contributed by atoms with Crippen LogP contribution in [0.25, 0.3) is 0 Å². The van der Waals surface area contributed by atoms with Crippen molar-refractivity contribution >= 4 is 12.2 Å². The van der Waals surface area contributed by atoms with Crippen LogP contribution in [0.5, 0.6) is 5.75 Å². The van der Waals surface area contributed by atoms with Crippen LogP contribution in [0.15, 0.2) is 23.3 Å². The van der Waals surface area contributed by atoms with Gasteiger partial charge in [-0.15, -0.1) is 0 Å². The molecule has 1 aromatic rings. The van der Waals surface area contributed by atoms with E-state index in [4.69, 9.17) is 5.73 Å². The van der Waals surface area contributed by atoms with E-state index < -0.39 is 36.3 Å². The van der Waals surface area contributed by atoms with Crippen LogP contribution in [-0.2, 0) is 6.18 Å². The van der Waals surface area contributed by atoms with Gasteiger partial charge in [0.2, 0.25) is 0 Å². The molecule has 0 unspecified atom stereocenters. The SMILES string of the molecule is NC(=O)NN=Cc1ccc(C(F)(F)F)c(OCC(F)(F)F)c1. The first-order chi connectivity index (χ1) is 9.99. The molecule has 1 aromatic carbocycles. The Balaban J connectivity index is 3.06. The first-order valence-electron chi connectivity index (χ1n) is 5.48. The lowest BCUT2D eigenvalue weighted by molar-refractivity contribution is -0.158. The Morgan fingerprint density at radius 2 is 1.91 bits per heavy atom. The van der Waals surface area contributed by atoms with Crippen LogP contribution in [0.1, 0.15) is 11.1 Å². The zero-order valence-corrected chi connectivity index (χ0v) is 10.6. The summed E-state index contributed by atoms with van der Waals surface area (Å²) in [5.74, 6) is -1.01. The van der Waals surface area contributed by atoms with E-state index in [1.54, 1.807) is 5.43 Å². The maximum Gasteiger partial charge on any atom is 0.422 e. The molecule has 0 heterocycles. The molecule has 0 aliphatic heterocycles. The molecule has 0 atom stereocenters. The van der Waals surface area contributed by atoms with Crippen LogP contribution in [0.2, 0.25) is 0 Å². The van der Waals surface area contributed by atoms with Crippen LogP contribution in [-0.4, -0.2) is 25.0 Å². The number of benzene rings is 1. The number of ether oxygens (including phenoxy) is 1. The zero-order valence-electron chi connectivity index (χ0n) is 10.6. The van der Waals surface area contributed by atoms with Crippen LogP contribution in [0.4, 0.5) is 31.1 Å². The molecule has 0 aliphatic carbocycles. The highest BCUT2D eigenvalue weighted by Crippen LogP contribution is 2.37. The van der Waals surface area contributed by atoms with Gasteiger partial charge in [0.1, 0.15) is 5.75 Å². The molecule has 0 radical (unpaired) electrons. The fourth-order valence-electron chi connectivity index (χ4n) is 1.30. The second-order valence-corrected chi connectivity index (χ2v) is 3.89. The highest BCUT2D eigenvalue weighted by Gasteiger charge is 2.36. The molecule has 5 nitrogen and oxygen atoms in total. The molecule has 0 spiro atoms. The first-order valence-corrected chi connectivity index (χ1v) is 5.48. The Kier molecular flexibility index (Phi) is 5.23. The Morgan fingerprint density at radius 3 is 2.41 bits per heavy atom. The normalized spacial score (nSPS) is 12.5. The van der Waals surface area contributed by atoms with E-state index >= 15 is 0 Å². The van der Waals surface area contributed by atoms with Crippen molar-refractivity contribution in [3.05, 3.63) is 29.3 Å². The van der Waals surface area contributed by atoms with Gasteiger partial charge in [0, 0.05) is 0 Å². The number of urea groups is 1. The van der Waals surface area contributed by atoms with Crippen LogP contribution >= 0.6 is 0 Å². The molecular formula is C11H9F6N3O2. The molecule has 122 valence electrons. The topological polar surface area (TPSA) is 76.7 Å². The average Bonchev–Trinajstić information content (AvgIpc) is 2.34. The van der Waals surface area contributed by atoms with Gasteiger partial charge in [-0.1, -0.05) is 6.07 Å². The summed E-state index contributed by atoms with van der Waals surface area (Å²) in [5, 5.41) is 3.27. The van der Waals surface area contributed by atoms with Crippen molar-refractivity contribution in [1.82, 2.24) is 5.43 Å². The number of amides is 2. The fraction of sp³-hybridized carbons (Fsp3) is 0.273. The van der Waals surface area contributed by atoms with Gasteiger partial charge in [0.25, 0.3) is 0 Å². The second kappa shape index (κ2) is 6.54. The van der Waals surface area contributed by atoms with E-state index in [2.05, 4.69) is 9.84 Å². The predicted octanol–water partition coefficient (Wildman–Crippen LogP) is 2.65. The summed E-state index contributed by atoms with van der Waals surface area (Å²) in [6, 6.07) is 1.17. The zero-order chi connectivity index (χ0) is 17.0. The molecule has 0 bridgehead atoms. The third-order valence-electron chi connectivity index (χ3n) is 2.09. The quantitative estimate of drug-likeness (QED) is 0.506. The van der Waals surface area contributed by atoms with E-state index in [9.17, 15) is 31.1 Å². The van der Waals surface area contributed by atoms with Gasteiger partial charge in [-0.2, -0.15) is 31.4 Å². The first kappa shape index (κ1) is 17.6. The molecular weight excluding hydrogens is 320 g/mol. The molecule has 3 N–H and O–H groups in total. The van der Waals surface area contributed by atoms with E-state index in [1.165, 1.54) is 0 Å². The van der Waals surface area contributed by atoms with Gasteiger partial charge in [-0.25, -0.2) is 10.2 Å². The summed E-state index contributed by atoms with van der Waals surface area (Å²) in [6.07, 6.45) is -8.78.